The molecule has 0 amide bonds. The van der Waals surface area contributed by atoms with E-state index in [0.29, 0.717) is 6.04 Å². The van der Waals surface area contributed by atoms with Crippen molar-refractivity contribution in [2.75, 3.05) is 189 Å². The van der Waals surface area contributed by atoms with E-state index < -0.39 is 0 Å². The highest BCUT2D eigenvalue weighted by Crippen LogP contribution is 2.36. The van der Waals surface area contributed by atoms with Crippen LogP contribution in [0.4, 0.5) is 0 Å². The van der Waals surface area contributed by atoms with Crippen molar-refractivity contribution in [2.24, 2.45) is 5.92 Å². The van der Waals surface area contributed by atoms with Crippen LogP contribution >= 0.6 is 11.8 Å². The zero-order chi connectivity index (χ0) is 86.8. The third kappa shape index (κ3) is 72.4. The van der Waals surface area contributed by atoms with E-state index in [-0.39, 0.29) is 0 Å². The van der Waals surface area contributed by atoms with Crippen molar-refractivity contribution >= 4 is 11.8 Å². The molecule has 3 atom stereocenters. The maximum atomic E-state index is 5.21. The van der Waals surface area contributed by atoms with Gasteiger partial charge in [-0.05, 0) is 293 Å². The molecule has 11 heterocycles. The van der Waals surface area contributed by atoms with Gasteiger partial charge in [-0.3, -0.25) is 24.5 Å². The standard InChI is InChI=1S/C10H19N.C10H21N.C9H19N.C8H16N2.C8H17N.C7H16N2.C7H15NO.C7H15NS.C7H15N.C4H9N.10C2H6/c1-8(2)11-7-9-4-3-5-10(11)6-9;1-10(2)11-8-6-4-3-5-7-9-11;1-9(2)10-7-5-3-4-6-8-10;1-9-5-6-10-4-2-3-8(10)7-9;1-8(2)9-6-4-3-5-7-9;1-7(2)9-5-3-8-4-6-9;2*1-7(2)8-3-5-9-6-4-8;1-7(2)8-5-3-4-6-8;1-5-3-2-4-5;10*1-2/h8-10H,3-7H2,1-2H3;10H,3-9H2,1-2H3;9H,3-8H2,1-2H3;8H,2-7H2,1H3;8H,3-7H2,1-2H3;7-8H,3-6H2,1-2H3;2*7H,3-6H2,1-2H3;7H,3-6H2,1-2H3;2-4H2,1H3;10*1-2H3. The Morgan fingerprint density at radius 1 is 0.261 bits per heavy atom. The summed E-state index contributed by atoms with van der Waals surface area (Å²) < 4.78 is 5.21. The van der Waals surface area contributed by atoms with Crippen molar-refractivity contribution in [3.63, 3.8) is 0 Å². The van der Waals surface area contributed by atoms with Crippen LogP contribution in [0.15, 0.2) is 0 Å². The zero-order valence-electron chi connectivity index (χ0n) is 84.5. The lowest BCUT2D eigenvalue weighted by Crippen LogP contribution is -2.48. The second-order valence-corrected chi connectivity index (χ2v) is 32.8. The van der Waals surface area contributed by atoms with Crippen LogP contribution in [0.2, 0.25) is 0 Å². The summed E-state index contributed by atoms with van der Waals surface area (Å²) in [7, 11) is 4.37. The van der Waals surface area contributed by atoms with Crippen molar-refractivity contribution in [3.8, 4) is 0 Å². The first-order chi connectivity index (χ1) is 53.7. The Kier molecular flexibility index (Phi) is 109. The zero-order valence-corrected chi connectivity index (χ0v) is 85.3. The van der Waals surface area contributed by atoms with Gasteiger partial charge in [0.25, 0.3) is 0 Å². The predicted molar refractivity (Wildman–Crippen MR) is 518 cm³/mol. The lowest BCUT2D eigenvalue weighted by atomic mass is 9.90. The minimum atomic E-state index is 0.689. The molecule has 1 saturated carbocycles. The summed E-state index contributed by atoms with van der Waals surface area (Å²) in [6.45, 7) is 108. The summed E-state index contributed by atoms with van der Waals surface area (Å²) >= 11 is 2.07. The number of ether oxygens (including phenoxy) is 1. The number of thioether (sulfide) groups is 1. The molecule has 14 heteroatoms. The number of morpholine rings is 1. The van der Waals surface area contributed by atoms with E-state index in [9.17, 15) is 0 Å². The van der Waals surface area contributed by atoms with E-state index >= 15 is 0 Å². The van der Waals surface area contributed by atoms with E-state index in [0.717, 1.165) is 99.7 Å². The Labute approximate surface area is 711 Å². The van der Waals surface area contributed by atoms with E-state index in [1.807, 2.05) is 138 Å². The second-order valence-electron chi connectivity index (χ2n) is 31.6. The predicted octanol–water partition coefficient (Wildman–Crippen LogP) is 24.0. The number of rotatable bonds is 8. The Bertz CT molecular complexity index is 1520. The molecule has 111 heavy (non-hydrogen) atoms. The van der Waals surface area contributed by atoms with E-state index in [4.69, 9.17) is 4.74 Å². The van der Waals surface area contributed by atoms with Gasteiger partial charge in [-0.1, -0.05) is 183 Å². The molecule has 11 saturated heterocycles. The summed E-state index contributed by atoms with van der Waals surface area (Å²) in [4.78, 5) is 27.9. The normalized spacial score (nSPS) is 22.3. The molecule has 3 unspecified atom stereocenters. The number of piperazine rings is 2. The van der Waals surface area contributed by atoms with E-state index in [2.05, 4.69) is 196 Å². The first-order valence-electron chi connectivity index (χ1n) is 49.6. The minimum Gasteiger partial charge on any atom is -0.379 e. The molecule has 0 aromatic rings. The van der Waals surface area contributed by atoms with Gasteiger partial charge in [0, 0.05) is 150 Å². The fourth-order valence-electron chi connectivity index (χ4n) is 14.9. The first kappa shape index (κ1) is 126. The number of nitrogens with one attached hydrogen (secondary N) is 1. The lowest BCUT2D eigenvalue weighted by molar-refractivity contribution is 0.0238. The minimum absolute atomic E-state index is 0.689. The molecule has 0 aromatic heterocycles. The van der Waals surface area contributed by atoms with Crippen LogP contribution in [-0.2, 0) is 4.74 Å². The lowest BCUT2D eigenvalue weighted by Gasteiger charge is -2.35. The average Bonchev–Trinajstić information content (AvgIpc) is 1.69. The molecule has 11 aliphatic heterocycles. The molecule has 0 spiro atoms. The average molecular weight is 1600 g/mol. The summed E-state index contributed by atoms with van der Waals surface area (Å²) in [5.41, 5.74) is 0. The van der Waals surface area contributed by atoms with Gasteiger partial charge in [-0.2, -0.15) is 11.8 Å². The van der Waals surface area contributed by atoms with Crippen molar-refractivity contribution in [1.82, 2.24) is 59.2 Å². The Balaban J connectivity index is -0.000000173. The molecule has 12 rings (SSSR count). The van der Waals surface area contributed by atoms with Gasteiger partial charge >= 0.3 is 0 Å². The second kappa shape index (κ2) is 95.3. The number of fused-ring (bicyclic) bond motifs is 3. The largest absolute Gasteiger partial charge is 0.379 e. The van der Waals surface area contributed by atoms with Crippen molar-refractivity contribution < 1.29 is 4.74 Å². The van der Waals surface area contributed by atoms with E-state index in [1.165, 1.54) is 271 Å². The van der Waals surface area contributed by atoms with Crippen LogP contribution in [0.1, 0.15) is 384 Å². The molecule has 1 aliphatic carbocycles. The van der Waals surface area contributed by atoms with Gasteiger partial charge in [0.2, 0.25) is 0 Å². The van der Waals surface area contributed by atoms with E-state index in [1.54, 1.807) is 0 Å². The van der Waals surface area contributed by atoms with Crippen LogP contribution in [0.3, 0.4) is 0 Å². The third-order valence-corrected chi connectivity index (χ3v) is 22.6. The highest BCUT2D eigenvalue weighted by Gasteiger charge is 2.36. The van der Waals surface area contributed by atoms with Gasteiger partial charge in [-0.25, -0.2) is 0 Å². The monoisotopic (exact) mass is 1600 g/mol. The molecular weight excluding hydrogens is 1380 g/mol. The van der Waals surface area contributed by atoms with Crippen LogP contribution in [0.25, 0.3) is 0 Å². The smallest absolute Gasteiger partial charge is 0.0594 e. The van der Waals surface area contributed by atoms with Gasteiger partial charge < -0.3 is 39.5 Å². The Hall–Kier alpha value is -0.170. The number of likely N-dealkylation sites (N-methyl/N-ethyl adjacent to an activating group) is 1. The van der Waals surface area contributed by atoms with Crippen LogP contribution in [0.5, 0.6) is 0 Å². The molecule has 13 nitrogen and oxygen atoms in total. The van der Waals surface area contributed by atoms with Crippen LogP contribution in [0, 0.1) is 5.92 Å². The third-order valence-electron chi connectivity index (χ3n) is 21.6. The van der Waals surface area contributed by atoms with Crippen molar-refractivity contribution in [2.45, 2.75) is 445 Å². The molecule has 0 aromatic carbocycles. The van der Waals surface area contributed by atoms with Gasteiger partial charge in [0.1, 0.15) is 0 Å². The van der Waals surface area contributed by atoms with Gasteiger partial charge in [0.15, 0.2) is 0 Å². The molecule has 0 radical (unpaired) electrons. The maximum absolute atomic E-state index is 5.21. The molecule has 2 bridgehead atoms. The van der Waals surface area contributed by atoms with Crippen LogP contribution in [-0.4, -0.2) is 304 Å². The number of nitrogens with zero attached hydrogens (tertiary/aromatic N) is 11. The van der Waals surface area contributed by atoms with Gasteiger partial charge in [-0.15, -0.1) is 0 Å². The quantitative estimate of drug-likeness (QED) is 0.251. The Morgan fingerprint density at radius 2 is 0.559 bits per heavy atom. The SMILES string of the molecule is CC.CC.CC.CC.CC.CC.CC.CC.CC.CC.CC(C)N1CC2CCCC1C2.CC(C)N1CCCC1.CC(C)N1CCCCC1.CC(C)N1CCCCCC1.CC(C)N1CCCCCCC1.CC(C)N1CCNCC1.CC(C)N1CCOCC1.CC(C)N1CCSCC1.CN1CCC1.CN1CCN2CCCC2C1. The molecule has 682 valence electrons. The Morgan fingerprint density at radius 3 is 0.847 bits per heavy atom. The number of hydrogen-bond donors (Lipinski definition) is 1. The topological polar surface area (TPSA) is 56.9 Å². The highest BCUT2D eigenvalue weighted by atomic mass is 32.2. The summed E-state index contributed by atoms with van der Waals surface area (Å²) in [6.07, 6.45) is 30.2. The molecule has 12 fully saturated rings. The first-order valence-corrected chi connectivity index (χ1v) is 50.7. The molecule has 12 aliphatic rings. The highest BCUT2D eigenvalue weighted by molar-refractivity contribution is 7.99. The van der Waals surface area contributed by atoms with Crippen molar-refractivity contribution in [3.05, 3.63) is 0 Å². The number of piperidine rings is 1. The fraction of sp³-hybridized carbons (Fsp3) is 1.00. The molecular formula is C97H222N12OS. The fourth-order valence-corrected chi connectivity index (χ4v) is 15.8. The molecule has 1 N–H and O–H groups in total. The van der Waals surface area contributed by atoms with Gasteiger partial charge in [0.05, 0.1) is 13.2 Å². The number of hydrogen-bond acceptors (Lipinski definition) is 14. The summed E-state index contributed by atoms with van der Waals surface area (Å²) in [6, 6.07) is 7.87. The van der Waals surface area contributed by atoms with Crippen molar-refractivity contribution in [1.29, 1.82) is 0 Å². The maximum Gasteiger partial charge on any atom is 0.0594 e. The number of likely N-dealkylation sites (tertiary alicyclic amines) is 6. The summed E-state index contributed by atoms with van der Waals surface area (Å²) in [5.74, 6) is 3.72. The van der Waals surface area contributed by atoms with Crippen LogP contribution < -0.4 is 5.32 Å². The summed E-state index contributed by atoms with van der Waals surface area (Å²) in [5, 5.41) is 3.33.